The number of carbonyl (C=O) groups is 1. The van der Waals surface area contributed by atoms with Crippen LogP contribution >= 0.6 is 0 Å². The molecule has 0 aromatic carbocycles. The summed E-state index contributed by atoms with van der Waals surface area (Å²) in [6.07, 6.45) is -11.9. The summed E-state index contributed by atoms with van der Waals surface area (Å²) in [7, 11) is 0. The van der Waals surface area contributed by atoms with Gasteiger partial charge < -0.3 is 5.11 Å². The largest absolute Gasteiger partial charge is 0.481 e. The molecular formula is C9H5F11O2. The average Bonchev–Trinajstić information content (AvgIpc) is 2.30. The zero-order valence-electron chi connectivity index (χ0n) is 9.93. The lowest BCUT2D eigenvalue weighted by Gasteiger charge is -2.39. The maximum absolute atomic E-state index is 13.4. The molecule has 0 saturated heterocycles. The molecule has 13 heteroatoms. The van der Waals surface area contributed by atoms with Crippen molar-refractivity contribution in [3.05, 3.63) is 0 Å². The third kappa shape index (κ3) is 1.70. The molecule has 0 spiro atoms. The van der Waals surface area contributed by atoms with Crippen molar-refractivity contribution in [3.8, 4) is 0 Å². The van der Waals surface area contributed by atoms with Gasteiger partial charge in [0.25, 0.3) is 0 Å². The highest BCUT2D eigenvalue weighted by Crippen LogP contribution is 2.76. The lowest BCUT2D eigenvalue weighted by Crippen LogP contribution is -2.60. The first-order valence-electron chi connectivity index (χ1n) is 5.21. The topological polar surface area (TPSA) is 37.3 Å². The highest BCUT2D eigenvalue weighted by molar-refractivity contribution is 5.66. The molecule has 0 heterocycles. The molecule has 0 atom stereocenters. The minimum absolute atomic E-state index is 2.10. The number of alkyl halides is 11. The number of carboxylic acids is 1. The fourth-order valence-electron chi connectivity index (χ4n) is 2.23. The van der Waals surface area contributed by atoms with Crippen LogP contribution in [0.1, 0.15) is 12.8 Å². The molecule has 0 bridgehead atoms. The minimum atomic E-state index is -7.03. The third-order valence-corrected chi connectivity index (χ3v) is 3.45. The second-order valence-electron chi connectivity index (χ2n) is 4.59. The SMILES string of the molecule is O=C(O)CCC1(C(F)(F)F)C(F)(F)C(F)(F)C(F)(F)C1(F)F. The van der Waals surface area contributed by atoms with E-state index in [0.717, 1.165) is 0 Å². The quantitative estimate of drug-likeness (QED) is 0.780. The van der Waals surface area contributed by atoms with E-state index in [0.29, 0.717) is 0 Å². The summed E-state index contributed by atoms with van der Waals surface area (Å²) in [6, 6.07) is 0. The number of hydrogen-bond donors (Lipinski definition) is 1. The summed E-state index contributed by atoms with van der Waals surface area (Å²) in [4.78, 5) is 10.1. The molecule has 1 N–H and O–H groups in total. The molecule has 1 aliphatic carbocycles. The Morgan fingerprint density at radius 3 is 1.32 bits per heavy atom. The van der Waals surface area contributed by atoms with Crippen molar-refractivity contribution in [2.45, 2.75) is 42.7 Å². The highest BCUT2D eigenvalue weighted by atomic mass is 19.4. The molecule has 0 aliphatic heterocycles. The van der Waals surface area contributed by atoms with Gasteiger partial charge >= 0.3 is 35.8 Å². The van der Waals surface area contributed by atoms with E-state index in [1.54, 1.807) is 0 Å². The Labute approximate surface area is 113 Å². The van der Waals surface area contributed by atoms with Gasteiger partial charge in [-0.25, -0.2) is 0 Å². The first-order chi connectivity index (χ1) is 9.42. The second kappa shape index (κ2) is 4.37. The Bertz CT molecular complexity index is 452. The molecule has 22 heavy (non-hydrogen) atoms. The first-order valence-corrected chi connectivity index (χ1v) is 5.21. The summed E-state index contributed by atoms with van der Waals surface area (Å²) >= 11 is 0. The highest BCUT2D eigenvalue weighted by Gasteiger charge is 3.03. The van der Waals surface area contributed by atoms with Crippen molar-refractivity contribution >= 4 is 5.97 Å². The maximum Gasteiger partial charge on any atom is 0.406 e. The van der Waals surface area contributed by atoms with E-state index in [4.69, 9.17) is 5.11 Å². The van der Waals surface area contributed by atoms with Crippen LogP contribution in [0.5, 0.6) is 0 Å². The number of aliphatic carboxylic acids is 1. The number of carboxylic acid groups (broad SMARTS) is 1. The van der Waals surface area contributed by atoms with Crippen LogP contribution in [0.15, 0.2) is 0 Å². The van der Waals surface area contributed by atoms with Gasteiger partial charge in [-0.2, -0.15) is 48.3 Å². The van der Waals surface area contributed by atoms with Crippen LogP contribution in [-0.2, 0) is 4.79 Å². The molecule has 0 amide bonds. The lowest BCUT2D eigenvalue weighted by molar-refractivity contribution is -0.364. The van der Waals surface area contributed by atoms with Gasteiger partial charge in [0.1, 0.15) is 0 Å². The minimum Gasteiger partial charge on any atom is -0.481 e. The third-order valence-electron chi connectivity index (χ3n) is 3.45. The molecule has 1 fully saturated rings. The van der Waals surface area contributed by atoms with E-state index in [1.807, 2.05) is 0 Å². The molecule has 0 aromatic rings. The predicted molar refractivity (Wildman–Crippen MR) is 45.1 cm³/mol. The first kappa shape index (κ1) is 18.7. The summed E-state index contributed by atoms with van der Waals surface area (Å²) < 4.78 is 143. The Kier molecular flexibility index (Phi) is 3.72. The summed E-state index contributed by atoms with van der Waals surface area (Å²) in [6.45, 7) is 0. The number of rotatable bonds is 3. The average molecular weight is 354 g/mol. The van der Waals surface area contributed by atoms with Crippen LogP contribution in [0.2, 0.25) is 0 Å². The van der Waals surface area contributed by atoms with Crippen LogP contribution in [0.4, 0.5) is 48.3 Å². The zero-order valence-corrected chi connectivity index (χ0v) is 9.93. The van der Waals surface area contributed by atoms with Gasteiger partial charge in [-0.1, -0.05) is 0 Å². The van der Waals surface area contributed by atoms with Crippen molar-refractivity contribution in [1.29, 1.82) is 0 Å². The fourth-order valence-corrected chi connectivity index (χ4v) is 2.23. The second-order valence-corrected chi connectivity index (χ2v) is 4.59. The van der Waals surface area contributed by atoms with Crippen molar-refractivity contribution in [2.75, 3.05) is 0 Å². The predicted octanol–water partition coefficient (Wildman–Crippen LogP) is 3.95. The van der Waals surface area contributed by atoms with Crippen LogP contribution in [0.25, 0.3) is 0 Å². The van der Waals surface area contributed by atoms with Gasteiger partial charge in [0.2, 0.25) is 5.41 Å². The Balaban J connectivity index is 3.77. The van der Waals surface area contributed by atoms with Gasteiger partial charge in [0, 0.05) is 6.42 Å². The van der Waals surface area contributed by atoms with Crippen molar-refractivity contribution in [1.82, 2.24) is 0 Å². The van der Waals surface area contributed by atoms with Crippen LogP contribution in [-0.4, -0.2) is 40.9 Å². The van der Waals surface area contributed by atoms with Gasteiger partial charge in [-0.05, 0) is 6.42 Å². The van der Waals surface area contributed by atoms with Crippen LogP contribution in [0, 0.1) is 5.41 Å². The summed E-state index contributed by atoms with van der Waals surface area (Å²) in [5.41, 5.74) is -6.22. The summed E-state index contributed by atoms with van der Waals surface area (Å²) in [5.74, 6) is -30.3. The fraction of sp³-hybridized carbons (Fsp3) is 0.889. The molecule has 0 radical (unpaired) electrons. The number of halogens is 11. The molecular weight excluding hydrogens is 349 g/mol. The Morgan fingerprint density at radius 2 is 1.09 bits per heavy atom. The van der Waals surface area contributed by atoms with Crippen molar-refractivity contribution in [3.63, 3.8) is 0 Å². The van der Waals surface area contributed by atoms with E-state index in [2.05, 4.69) is 0 Å². The molecule has 1 saturated carbocycles. The lowest BCUT2D eigenvalue weighted by atomic mass is 9.75. The van der Waals surface area contributed by atoms with E-state index >= 15 is 0 Å². The van der Waals surface area contributed by atoms with Gasteiger partial charge in [-0.15, -0.1) is 0 Å². The maximum atomic E-state index is 13.4. The van der Waals surface area contributed by atoms with Gasteiger partial charge in [0.15, 0.2) is 0 Å². The molecule has 2 nitrogen and oxygen atoms in total. The molecule has 0 aromatic heterocycles. The molecule has 1 aliphatic rings. The van der Waals surface area contributed by atoms with Crippen molar-refractivity contribution in [2.24, 2.45) is 5.41 Å². The Hall–Kier alpha value is -1.30. The standard InChI is InChI=1S/C9H5F11O2/c10-5(11)4(9(18,19)20,2-1-3(21)22)6(12,13)8(16,17)7(5,14)15/h1-2H2,(H,21,22). The zero-order chi connectivity index (χ0) is 18.0. The van der Waals surface area contributed by atoms with Crippen LogP contribution < -0.4 is 0 Å². The summed E-state index contributed by atoms with van der Waals surface area (Å²) in [5, 5.41) is 8.12. The van der Waals surface area contributed by atoms with Crippen molar-refractivity contribution < 1.29 is 58.2 Å². The Morgan fingerprint density at radius 1 is 0.773 bits per heavy atom. The number of hydrogen-bond acceptors (Lipinski definition) is 1. The van der Waals surface area contributed by atoms with Crippen LogP contribution in [0.3, 0.4) is 0 Å². The van der Waals surface area contributed by atoms with E-state index in [9.17, 15) is 53.1 Å². The van der Waals surface area contributed by atoms with E-state index in [-0.39, 0.29) is 0 Å². The van der Waals surface area contributed by atoms with E-state index < -0.39 is 54.1 Å². The van der Waals surface area contributed by atoms with Gasteiger partial charge in [0.05, 0.1) is 0 Å². The van der Waals surface area contributed by atoms with E-state index in [1.165, 1.54) is 0 Å². The normalized spacial score (nSPS) is 27.6. The van der Waals surface area contributed by atoms with Gasteiger partial charge in [-0.3, -0.25) is 4.79 Å². The monoisotopic (exact) mass is 354 g/mol. The molecule has 0 unspecified atom stereocenters. The smallest absolute Gasteiger partial charge is 0.406 e. The molecule has 130 valence electrons. The molecule has 1 rings (SSSR count).